The molecule has 10 heavy (non-hydrogen) atoms. The second-order valence-corrected chi connectivity index (χ2v) is 2.99. The number of rotatable bonds is 2. The molecule has 0 aliphatic heterocycles. The maximum atomic E-state index is 5.47. The van der Waals surface area contributed by atoms with Crippen molar-refractivity contribution in [1.29, 1.82) is 0 Å². The first-order valence-electron chi connectivity index (χ1n) is 4.03. The topological polar surface area (TPSA) is 26.0 Å². The Hall–Kier alpha value is -0.480. The average Bonchev–Trinajstić information content (AvgIpc) is 1.94. The summed E-state index contributed by atoms with van der Waals surface area (Å²) in [4.78, 5) is 0. The van der Waals surface area contributed by atoms with E-state index in [2.05, 4.69) is 18.8 Å². The summed E-state index contributed by atoms with van der Waals surface area (Å²) in [5, 5.41) is 0. The van der Waals surface area contributed by atoms with E-state index in [1.807, 2.05) is 0 Å². The van der Waals surface area contributed by atoms with E-state index in [-0.39, 0.29) is 0 Å². The lowest BCUT2D eigenvalue weighted by Gasteiger charge is -2.20. The Morgan fingerprint density at radius 1 is 1.60 bits per heavy atom. The van der Waals surface area contributed by atoms with Crippen molar-refractivity contribution < 1.29 is 0 Å². The van der Waals surface area contributed by atoms with Gasteiger partial charge in [-0.25, -0.2) is 0 Å². The van der Waals surface area contributed by atoms with Crippen LogP contribution in [-0.4, -0.2) is 6.54 Å². The first-order valence-corrected chi connectivity index (χ1v) is 4.03. The second-order valence-electron chi connectivity index (χ2n) is 2.99. The molecule has 1 aliphatic carbocycles. The van der Waals surface area contributed by atoms with E-state index in [1.165, 1.54) is 6.42 Å². The third-order valence-corrected chi connectivity index (χ3v) is 2.21. The van der Waals surface area contributed by atoms with Crippen molar-refractivity contribution >= 4 is 0 Å². The molecule has 0 aromatic heterocycles. The molecule has 0 saturated heterocycles. The van der Waals surface area contributed by atoms with Crippen LogP contribution in [0.2, 0.25) is 0 Å². The molecule has 0 spiro atoms. The SMILES string of the molecule is CC1C#CCCC1CCN. The maximum absolute atomic E-state index is 5.47. The van der Waals surface area contributed by atoms with Gasteiger partial charge in [0.25, 0.3) is 0 Å². The van der Waals surface area contributed by atoms with Gasteiger partial charge in [0.05, 0.1) is 0 Å². The maximum Gasteiger partial charge on any atom is 0.0203 e. The molecule has 0 heterocycles. The minimum absolute atomic E-state index is 0.581. The molecule has 0 bridgehead atoms. The van der Waals surface area contributed by atoms with Crippen LogP contribution in [0, 0.1) is 23.7 Å². The zero-order chi connectivity index (χ0) is 7.40. The summed E-state index contributed by atoms with van der Waals surface area (Å²) in [6, 6.07) is 0. The van der Waals surface area contributed by atoms with Gasteiger partial charge in [0.15, 0.2) is 0 Å². The number of nitrogens with two attached hydrogens (primary N) is 1. The summed E-state index contributed by atoms with van der Waals surface area (Å²) in [6.07, 6.45) is 3.48. The molecule has 0 fully saturated rings. The first-order chi connectivity index (χ1) is 4.84. The molecular weight excluding hydrogens is 122 g/mol. The molecule has 2 N–H and O–H groups in total. The third kappa shape index (κ3) is 1.75. The molecule has 1 nitrogen and oxygen atoms in total. The Bertz CT molecular complexity index is 152. The molecule has 1 rings (SSSR count). The van der Waals surface area contributed by atoms with Gasteiger partial charge in [-0.2, -0.15) is 0 Å². The van der Waals surface area contributed by atoms with Crippen LogP contribution in [0.15, 0.2) is 0 Å². The van der Waals surface area contributed by atoms with Crippen LogP contribution in [0.1, 0.15) is 26.2 Å². The Balaban J connectivity index is 2.40. The number of hydrogen-bond acceptors (Lipinski definition) is 1. The predicted octanol–water partition coefficient (Wildman–Crippen LogP) is 1.38. The van der Waals surface area contributed by atoms with Gasteiger partial charge < -0.3 is 5.73 Å². The third-order valence-electron chi connectivity index (χ3n) is 2.21. The minimum atomic E-state index is 0.581. The van der Waals surface area contributed by atoms with Gasteiger partial charge in [-0.05, 0) is 25.3 Å². The highest BCUT2D eigenvalue weighted by Crippen LogP contribution is 2.22. The summed E-state index contributed by atoms with van der Waals surface area (Å²) >= 11 is 0. The predicted molar refractivity (Wildman–Crippen MR) is 43.3 cm³/mol. The summed E-state index contributed by atoms with van der Waals surface area (Å²) in [6.45, 7) is 3.02. The number of hydrogen-bond donors (Lipinski definition) is 1. The molecular formula is C9H15N. The molecule has 1 aliphatic rings. The summed E-state index contributed by atoms with van der Waals surface area (Å²) < 4.78 is 0. The van der Waals surface area contributed by atoms with Crippen LogP contribution in [0.4, 0.5) is 0 Å². The largest absolute Gasteiger partial charge is 0.330 e. The lowest BCUT2D eigenvalue weighted by atomic mass is 9.84. The molecule has 1 heteroatoms. The zero-order valence-corrected chi connectivity index (χ0v) is 6.56. The first kappa shape index (κ1) is 7.63. The van der Waals surface area contributed by atoms with E-state index in [4.69, 9.17) is 5.73 Å². The van der Waals surface area contributed by atoms with E-state index in [0.717, 1.165) is 25.3 Å². The fourth-order valence-corrected chi connectivity index (χ4v) is 1.47. The molecule has 0 aromatic carbocycles. The van der Waals surface area contributed by atoms with Crippen molar-refractivity contribution in [2.24, 2.45) is 17.6 Å². The average molecular weight is 137 g/mol. The van der Waals surface area contributed by atoms with Gasteiger partial charge >= 0.3 is 0 Å². The molecule has 0 saturated carbocycles. The van der Waals surface area contributed by atoms with Gasteiger partial charge in [0, 0.05) is 12.3 Å². The quantitative estimate of drug-likeness (QED) is 0.572. The fourth-order valence-electron chi connectivity index (χ4n) is 1.47. The second kappa shape index (κ2) is 3.63. The van der Waals surface area contributed by atoms with E-state index in [9.17, 15) is 0 Å². The van der Waals surface area contributed by atoms with E-state index in [1.54, 1.807) is 0 Å². The molecule has 0 amide bonds. The van der Waals surface area contributed by atoms with Gasteiger partial charge in [-0.1, -0.05) is 12.8 Å². The van der Waals surface area contributed by atoms with Crippen LogP contribution in [-0.2, 0) is 0 Å². The van der Waals surface area contributed by atoms with Crippen LogP contribution in [0.25, 0.3) is 0 Å². The van der Waals surface area contributed by atoms with Crippen molar-refractivity contribution in [3.63, 3.8) is 0 Å². The zero-order valence-electron chi connectivity index (χ0n) is 6.56. The van der Waals surface area contributed by atoms with E-state index >= 15 is 0 Å². The Labute approximate surface area is 63.0 Å². The summed E-state index contributed by atoms with van der Waals surface area (Å²) in [7, 11) is 0. The minimum Gasteiger partial charge on any atom is -0.330 e. The lowest BCUT2D eigenvalue weighted by molar-refractivity contribution is 0.375. The molecule has 56 valence electrons. The normalized spacial score (nSPS) is 31.0. The highest BCUT2D eigenvalue weighted by Gasteiger charge is 2.15. The Morgan fingerprint density at radius 2 is 2.40 bits per heavy atom. The summed E-state index contributed by atoms with van der Waals surface area (Å²) in [5.74, 6) is 7.69. The van der Waals surface area contributed by atoms with Crippen LogP contribution >= 0.6 is 0 Å². The van der Waals surface area contributed by atoms with Crippen molar-refractivity contribution in [2.75, 3.05) is 6.54 Å². The highest BCUT2D eigenvalue weighted by molar-refractivity contribution is 5.08. The van der Waals surface area contributed by atoms with Crippen LogP contribution in [0.5, 0.6) is 0 Å². The van der Waals surface area contributed by atoms with Gasteiger partial charge in [-0.15, -0.1) is 5.92 Å². The molecule has 0 radical (unpaired) electrons. The van der Waals surface area contributed by atoms with Crippen molar-refractivity contribution in [3.8, 4) is 11.8 Å². The Kier molecular flexibility index (Phi) is 2.77. The van der Waals surface area contributed by atoms with E-state index < -0.39 is 0 Å². The van der Waals surface area contributed by atoms with Crippen LogP contribution < -0.4 is 5.73 Å². The van der Waals surface area contributed by atoms with Gasteiger partial charge in [0.2, 0.25) is 0 Å². The van der Waals surface area contributed by atoms with Crippen molar-refractivity contribution in [3.05, 3.63) is 0 Å². The smallest absolute Gasteiger partial charge is 0.0203 e. The highest BCUT2D eigenvalue weighted by atomic mass is 14.5. The van der Waals surface area contributed by atoms with Gasteiger partial charge in [0.1, 0.15) is 0 Å². The molecule has 2 unspecified atom stereocenters. The standard InChI is InChI=1S/C9H15N/c1-8-4-2-3-5-9(8)6-7-10/h8-9H,3,5-7,10H2,1H3. The Morgan fingerprint density at radius 3 is 3.00 bits per heavy atom. The monoisotopic (exact) mass is 137 g/mol. The van der Waals surface area contributed by atoms with Crippen molar-refractivity contribution in [1.82, 2.24) is 0 Å². The van der Waals surface area contributed by atoms with Crippen molar-refractivity contribution in [2.45, 2.75) is 26.2 Å². The molecule has 2 atom stereocenters. The lowest BCUT2D eigenvalue weighted by Crippen LogP contribution is -2.17. The fraction of sp³-hybridized carbons (Fsp3) is 0.778. The van der Waals surface area contributed by atoms with E-state index in [0.29, 0.717) is 5.92 Å². The molecule has 0 aromatic rings. The van der Waals surface area contributed by atoms with Crippen LogP contribution in [0.3, 0.4) is 0 Å². The summed E-state index contributed by atoms with van der Waals surface area (Å²) in [5.41, 5.74) is 5.47. The van der Waals surface area contributed by atoms with Gasteiger partial charge in [-0.3, -0.25) is 0 Å².